The Hall–Kier alpha value is -16.5. The van der Waals surface area contributed by atoms with Crippen molar-refractivity contribution in [3.05, 3.63) is 480 Å². The summed E-state index contributed by atoms with van der Waals surface area (Å²) in [5.41, 5.74) is 34.3. The second-order valence-corrected chi connectivity index (χ2v) is 31.7. The highest BCUT2D eigenvalue weighted by atomic mass is 15.0. The minimum atomic E-state index is -0.504. The van der Waals surface area contributed by atoms with E-state index in [0.717, 1.165) is 88.7 Å². The molecule has 8 heteroatoms. The molecule has 0 N–H and O–H groups in total. The Kier molecular flexibility index (Phi) is 16.7. The lowest BCUT2D eigenvalue weighted by molar-refractivity contribution is 0.794. The summed E-state index contributed by atoms with van der Waals surface area (Å²) in [6.45, 7) is 15.9. The molecule has 2 heterocycles. The van der Waals surface area contributed by atoms with Gasteiger partial charge in [0.05, 0.1) is 24.0 Å². The molecule has 4 aliphatic carbocycles. The highest BCUT2D eigenvalue weighted by Crippen LogP contribution is 2.66. The van der Waals surface area contributed by atoms with Gasteiger partial charge in [0.2, 0.25) is 0 Å². The molecule has 18 aromatic carbocycles. The standard InChI is InChI=1S/C59H36N4.C55H32N4/c1-60-47-30-31-50-51-36-43(29-32-54(51)59(55(50)37-47)52-23-13-11-21-48(52)49-22-12-14-24-53(49)59)40-25-27-42(28-26-40)57-61-56(41-19-9-4-10-20-41)62-58(63-57)46-34-44(38-15-5-2-6-16-38)33-45(35-46)39-17-7-3-8-18-39;1-56-43-27-28-46-47-32-40(26-29-50(47)55(51(46)33-43)48-16-8-6-14-44(48)45-15-7-9-17-49(45)55)36-18-22-37(23-19-36)52-57-53(41-24-20-34-10-2-4-12-38(34)30-41)59-54(58-52)42-25-21-35-11-3-5-13-39(35)31-42/h2-37H;2-33H. The number of benzene rings is 18. The number of hydrogen-bond acceptors (Lipinski definition) is 6. The first-order valence-electron chi connectivity index (χ1n) is 41.1. The normalized spacial score (nSPS) is 12.7. The van der Waals surface area contributed by atoms with E-state index in [1.54, 1.807) is 0 Å². The van der Waals surface area contributed by atoms with Crippen LogP contribution in [0.5, 0.6) is 0 Å². The Labute approximate surface area is 706 Å². The maximum absolute atomic E-state index is 7.95. The van der Waals surface area contributed by atoms with Crippen LogP contribution in [0.2, 0.25) is 0 Å². The molecule has 24 rings (SSSR count). The monoisotopic (exact) mass is 1550 g/mol. The molecular weight excluding hydrogens is 1480 g/mol. The van der Waals surface area contributed by atoms with Crippen molar-refractivity contribution >= 4 is 32.9 Å². The lowest BCUT2D eigenvalue weighted by Gasteiger charge is -2.30. The summed E-state index contributed by atoms with van der Waals surface area (Å²) in [7, 11) is 0. The van der Waals surface area contributed by atoms with Gasteiger partial charge in [-0.2, -0.15) is 0 Å². The molecule has 0 saturated carbocycles. The highest BCUT2D eigenvalue weighted by molar-refractivity contribution is 6.00. The third-order valence-corrected chi connectivity index (χ3v) is 25.1. The quantitative estimate of drug-likeness (QED) is 0.127. The molecule has 0 unspecified atom stereocenters. The molecule has 0 amide bonds. The Balaban J connectivity index is 0.000000142. The summed E-state index contributed by atoms with van der Waals surface area (Å²) in [5.74, 6) is 3.73. The fraction of sp³-hybridized carbons (Fsp3) is 0.0175. The zero-order chi connectivity index (χ0) is 81.0. The van der Waals surface area contributed by atoms with E-state index >= 15 is 0 Å². The van der Waals surface area contributed by atoms with Crippen LogP contribution >= 0.6 is 0 Å². The molecule has 4 aliphatic rings. The van der Waals surface area contributed by atoms with Crippen molar-refractivity contribution < 1.29 is 0 Å². The SMILES string of the molecule is [C-]#[N+]c1ccc2c(c1)C1(c3ccccc3-c3ccccc31)c1ccc(-c3ccc(-c4nc(-c5ccc6ccccc6c5)nc(-c5ccc6ccccc6c5)n4)cc3)cc1-2.[C-]#[N+]c1ccc2c(c1)C1(c3ccccc3-c3ccccc31)c1ccc(-c3ccc(-c4nc(-c5ccccc5)nc(-c5cc(-c6ccccc6)cc(-c6ccccc6)c5)n4)cc3)cc1-2. The third kappa shape index (κ3) is 11.5. The molecule has 0 fully saturated rings. The molecule has 8 nitrogen and oxygen atoms in total. The van der Waals surface area contributed by atoms with Crippen molar-refractivity contribution in [3.8, 4) is 157 Å². The maximum Gasteiger partial charge on any atom is 0.187 e. The molecule has 0 radical (unpaired) electrons. The molecule has 0 bridgehead atoms. The van der Waals surface area contributed by atoms with E-state index in [2.05, 4.69) is 368 Å². The van der Waals surface area contributed by atoms with Crippen LogP contribution < -0.4 is 0 Å². The topological polar surface area (TPSA) is 86.1 Å². The molecule has 20 aromatic rings. The zero-order valence-corrected chi connectivity index (χ0v) is 65.8. The summed E-state index contributed by atoms with van der Waals surface area (Å²) in [6.07, 6.45) is 0. The van der Waals surface area contributed by atoms with Gasteiger partial charge in [-0.3, -0.25) is 0 Å². The second kappa shape index (κ2) is 28.7. The number of fused-ring (bicyclic) bond motifs is 22. The van der Waals surface area contributed by atoms with Gasteiger partial charge in [0.15, 0.2) is 46.3 Å². The molecule has 122 heavy (non-hydrogen) atoms. The number of nitrogens with zero attached hydrogens (tertiary/aromatic N) is 8. The number of rotatable bonds is 10. The molecule has 0 aliphatic heterocycles. The van der Waals surface area contributed by atoms with Gasteiger partial charge in [0.25, 0.3) is 0 Å². The van der Waals surface area contributed by atoms with E-state index in [4.69, 9.17) is 43.0 Å². The molecule has 0 atom stereocenters. The van der Waals surface area contributed by atoms with Crippen LogP contribution in [0.15, 0.2) is 413 Å². The van der Waals surface area contributed by atoms with Gasteiger partial charge >= 0.3 is 0 Å². The summed E-state index contributed by atoms with van der Waals surface area (Å²) >= 11 is 0. The van der Waals surface area contributed by atoms with Crippen LogP contribution in [0.3, 0.4) is 0 Å². The number of aromatic nitrogens is 6. The lowest BCUT2D eigenvalue weighted by Crippen LogP contribution is -2.25. The van der Waals surface area contributed by atoms with Crippen molar-refractivity contribution in [2.45, 2.75) is 10.8 Å². The maximum atomic E-state index is 7.95. The summed E-state index contributed by atoms with van der Waals surface area (Å²) in [5, 5.41) is 4.62. The average molecular weight is 1550 g/mol. The van der Waals surface area contributed by atoms with Crippen LogP contribution in [-0.4, -0.2) is 29.9 Å². The van der Waals surface area contributed by atoms with E-state index in [1.807, 2.05) is 54.6 Å². The van der Waals surface area contributed by atoms with E-state index in [-0.39, 0.29) is 0 Å². The van der Waals surface area contributed by atoms with Gasteiger partial charge in [-0.1, -0.05) is 370 Å². The van der Waals surface area contributed by atoms with Crippen LogP contribution in [0.1, 0.15) is 44.5 Å². The summed E-state index contributed by atoms with van der Waals surface area (Å²) < 4.78 is 0. The minimum Gasteiger partial charge on any atom is -0.238 e. The predicted molar refractivity (Wildman–Crippen MR) is 494 cm³/mol. The Morgan fingerprint density at radius 3 is 0.795 bits per heavy atom. The first-order valence-corrected chi connectivity index (χ1v) is 41.1. The van der Waals surface area contributed by atoms with Gasteiger partial charge < -0.3 is 0 Å². The highest BCUT2D eigenvalue weighted by Gasteiger charge is 2.53. The van der Waals surface area contributed by atoms with Crippen LogP contribution in [0, 0.1) is 13.1 Å². The largest absolute Gasteiger partial charge is 0.238 e. The van der Waals surface area contributed by atoms with Crippen molar-refractivity contribution in [1.29, 1.82) is 0 Å². The fourth-order valence-electron chi connectivity index (χ4n) is 19.5. The van der Waals surface area contributed by atoms with Gasteiger partial charge in [0.1, 0.15) is 0 Å². The average Bonchev–Trinajstić information content (AvgIpc) is 1.51. The van der Waals surface area contributed by atoms with Crippen LogP contribution in [-0.2, 0) is 10.8 Å². The van der Waals surface area contributed by atoms with Crippen molar-refractivity contribution in [2.24, 2.45) is 0 Å². The van der Waals surface area contributed by atoms with Crippen LogP contribution in [0.4, 0.5) is 11.4 Å². The van der Waals surface area contributed by atoms with Gasteiger partial charge in [0, 0.05) is 33.4 Å². The molecule has 2 aromatic heterocycles. The van der Waals surface area contributed by atoms with E-state index in [1.165, 1.54) is 99.8 Å². The van der Waals surface area contributed by atoms with E-state index in [0.29, 0.717) is 46.3 Å². The second-order valence-electron chi connectivity index (χ2n) is 31.7. The number of hydrogen-bond donors (Lipinski definition) is 0. The Bertz CT molecular complexity index is 7530. The Morgan fingerprint density at radius 2 is 0.418 bits per heavy atom. The molecular formula is C114H68N8. The van der Waals surface area contributed by atoms with Gasteiger partial charge in [-0.05, 0) is 198 Å². The molecule has 564 valence electrons. The van der Waals surface area contributed by atoms with Gasteiger partial charge in [-0.25, -0.2) is 39.6 Å². The predicted octanol–water partition coefficient (Wildman–Crippen LogP) is 28.5. The van der Waals surface area contributed by atoms with Gasteiger partial charge in [-0.15, -0.1) is 0 Å². The molecule has 0 saturated heterocycles. The molecule has 2 spiro atoms. The first-order chi connectivity index (χ1) is 60.3. The van der Waals surface area contributed by atoms with E-state index < -0.39 is 10.8 Å². The first kappa shape index (κ1) is 70.9. The summed E-state index contributed by atoms with van der Waals surface area (Å²) in [6, 6.07) is 146. The third-order valence-electron chi connectivity index (χ3n) is 25.1. The smallest absolute Gasteiger partial charge is 0.187 e. The van der Waals surface area contributed by atoms with Crippen molar-refractivity contribution in [3.63, 3.8) is 0 Å². The lowest BCUT2D eigenvalue weighted by atomic mass is 9.70. The van der Waals surface area contributed by atoms with E-state index in [9.17, 15) is 0 Å². The van der Waals surface area contributed by atoms with Crippen molar-refractivity contribution in [1.82, 2.24) is 29.9 Å². The minimum absolute atomic E-state index is 0.495. The zero-order valence-electron chi connectivity index (χ0n) is 65.8. The Morgan fingerprint density at radius 1 is 0.156 bits per heavy atom. The van der Waals surface area contributed by atoms with Crippen molar-refractivity contribution in [2.75, 3.05) is 0 Å². The summed E-state index contributed by atoms with van der Waals surface area (Å²) in [4.78, 5) is 38.4. The van der Waals surface area contributed by atoms with Crippen LogP contribution in [0.25, 0.3) is 189 Å². The fourth-order valence-corrected chi connectivity index (χ4v) is 19.5.